The Balaban J connectivity index is 2.05. The summed E-state index contributed by atoms with van der Waals surface area (Å²) in [6, 6.07) is 18.0. The average molecular weight is 554 g/mol. The number of halogens is 1. The van der Waals surface area contributed by atoms with Crippen molar-refractivity contribution in [1.82, 2.24) is 10.2 Å². The molecule has 2 amide bonds. The molecule has 0 aliphatic rings. The number of anilines is 1. The maximum atomic E-state index is 15.0. The Morgan fingerprint density at radius 2 is 1.54 bits per heavy atom. The van der Waals surface area contributed by atoms with Gasteiger partial charge in [0.15, 0.2) is 0 Å². The van der Waals surface area contributed by atoms with Crippen LogP contribution in [0.2, 0.25) is 0 Å². The zero-order chi connectivity index (χ0) is 28.7. The summed E-state index contributed by atoms with van der Waals surface area (Å²) in [7, 11) is -4.33. The Kier molecular flexibility index (Phi) is 9.86. The molecule has 9 heteroatoms. The number of benzene rings is 3. The minimum atomic E-state index is -4.33. The highest BCUT2D eigenvalue weighted by Gasteiger charge is 2.34. The molecule has 0 aliphatic heterocycles. The van der Waals surface area contributed by atoms with E-state index in [1.807, 2.05) is 52.0 Å². The summed E-state index contributed by atoms with van der Waals surface area (Å²) in [5.41, 5.74) is 2.34. The van der Waals surface area contributed by atoms with Gasteiger partial charge in [0.05, 0.1) is 10.6 Å². The first kappa shape index (κ1) is 29.8. The predicted molar refractivity (Wildman–Crippen MR) is 151 cm³/mol. The van der Waals surface area contributed by atoms with Gasteiger partial charge < -0.3 is 10.2 Å². The summed E-state index contributed by atoms with van der Waals surface area (Å²) in [6.45, 7) is 8.52. The van der Waals surface area contributed by atoms with Crippen molar-refractivity contribution >= 4 is 27.5 Å². The molecule has 2 atom stereocenters. The lowest BCUT2D eigenvalue weighted by Crippen LogP contribution is -2.52. The monoisotopic (exact) mass is 553 g/mol. The molecule has 3 rings (SSSR count). The van der Waals surface area contributed by atoms with Gasteiger partial charge in [0, 0.05) is 12.6 Å². The molecule has 3 aromatic carbocycles. The van der Waals surface area contributed by atoms with Crippen molar-refractivity contribution in [2.45, 2.75) is 64.6 Å². The predicted octanol–water partition coefficient (Wildman–Crippen LogP) is 4.97. The molecule has 0 saturated heterocycles. The second kappa shape index (κ2) is 12.9. The van der Waals surface area contributed by atoms with Gasteiger partial charge in [0.25, 0.3) is 10.0 Å². The number of carbonyl (C=O) groups is 2. The molecule has 0 bridgehead atoms. The van der Waals surface area contributed by atoms with Crippen LogP contribution in [0.3, 0.4) is 0 Å². The second-order valence-corrected chi connectivity index (χ2v) is 11.6. The fourth-order valence-corrected chi connectivity index (χ4v) is 5.45. The lowest BCUT2D eigenvalue weighted by molar-refractivity contribution is -0.139. The van der Waals surface area contributed by atoms with Crippen molar-refractivity contribution in [3.05, 3.63) is 95.3 Å². The molecule has 208 valence electrons. The highest BCUT2D eigenvalue weighted by molar-refractivity contribution is 7.92. The van der Waals surface area contributed by atoms with Gasteiger partial charge in [0.2, 0.25) is 11.8 Å². The molecule has 0 aliphatic carbocycles. The fraction of sp³-hybridized carbons (Fsp3) is 0.333. The Labute approximate surface area is 230 Å². The smallest absolute Gasteiger partial charge is 0.264 e. The summed E-state index contributed by atoms with van der Waals surface area (Å²) >= 11 is 0. The molecule has 0 spiro atoms. The van der Waals surface area contributed by atoms with E-state index in [4.69, 9.17) is 0 Å². The van der Waals surface area contributed by atoms with Gasteiger partial charge in [-0.3, -0.25) is 13.9 Å². The minimum Gasteiger partial charge on any atom is -0.352 e. The normalized spacial score (nSPS) is 12.9. The number of hydrogen-bond donors (Lipinski definition) is 1. The van der Waals surface area contributed by atoms with E-state index in [-0.39, 0.29) is 29.1 Å². The molecule has 0 aromatic heterocycles. The second-order valence-electron chi connectivity index (χ2n) is 9.72. The van der Waals surface area contributed by atoms with E-state index in [1.165, 1.54) is 35.2 Å². The topological polar surface area (TPSA) is 86.8 Å². The molecule has 0 heterocycles. The van der Waals surface area contributed by atoms with Crippen LogP contribution < -0.4 is 9.62 Å². The van der Waals surface area contributed by atoms with Crippen molar-refractivity contribution < 1.29 is 22.4 Å². The molecular formula is C30H36FN3O4S. The number of para-hydroxylation sites is 1. The lowest BCUT2D eigenvalue weighted by atomic mass is 10.1. The van der Waals surface area contributed by atoms with Crippen molar-refractivity contribution in [2.75, 3.05) is 10.8 Å². The van der Waals surface area contributed by atoms with E-state index in [1.54, 1.807) is 19.1 Å². The van der Waals surface area contributed by atoms with E-state index < -0.39 is 34.3 Å². The molecule has 0 fully saturated rings. The zero-order valence-corrected chi connectivity index (χ0v) is 23.8. The summed E-state index contributed by atoms with van der Waals surface area (Å²) < 4.78 is 43.3. The number of sulfonamides is 1. The number of hydrogen-bond acceptors (Lipinski definition) is 4. The van der Waals surface area contributed by atoms with Gasteiger partial charge in [-0.05, 0) is 69.5 Å². The van der Waals surface area contributed by atoms with Crippen LogP contribution in [-0.2, 0) is 26.2 Å². The summed E-state index contributed by atoms with van der Waals surface area (Å²) in [4.78, 5) is 28.3. The van der Waals surface area contributed by atoms with Crippen LogP contribution in [0, 0.1) is 19.7 Å². The van der Waals surface area contributed by atoms with E-state index in [0.29, 0.717) is 6.42 Å². The standard InChI is InChI=1S/C30H36FN3O4S/c1-6-23(4)32-30(36)24(5)33(19-25-12-8-7-11-22(25)3)29(35)20-34(28-14-10-9-13-27(28)31)39(37,38)26-17-15-21(2)16-18-26/h7-18,23-24H,6,19-20H2,1-5H3,(H,32,36)/t23-,24-/m1/s1. The first-order chi connectivity index (χ1) is 18.4. The van der Waals surface area contributed by atoms with Gasteiger partial charge in [0.1, 0.15) is 18.4 Å². The van der Waals surface area contributed by atoms with Crippen LogP contribution in [0.1, 0.15) is 43.9 Å². The minimum absolute atomic E-state index is 0.0721. The van der Waals surface area contributed by atoms with Gasteiger partial charge >= 0.3 is 0 Å². The van der Waals surface area contributed by atoms with Gasteiger partial charge in [-0.1, -0.05) is 61.0 Å². The molecule has 0 radical (unpaired) electrons. The maximum absolute atomic E-state index is 15.0. The number of nitrogens with zero attached hydrogens (tertiary/aromatic N) is 2. The third-order valence-electron chi connectivity index (χ3n) is 6.78. The highest BCUT2D eigenvalue weighted by Crippen LogP contribution is 2.27. The third kappa shape index (κ3) is 7.23. The van der Waals surface area contributed by atoms with Crippen LogP contribution >= 0.6 is 0 Å². The van der Waals surface area contributed by atoms with Gasteiger partial charge in [-0.25, -0.2) is 12.8 Å². The number of nitrogens with one attached hydrogen (secondary N) is 1. The van der Waals surface area contributed by atoms with E-state index >= 15 is 0 Å². The van der Waals surface area contributed by atoms with Crippen LogP contribution in [0.4, 0.5) is 10.1 Å². The summed E-state index contributed by atoms with van der Waals surface area (Å²) in [5, 5.41) is 2.90. The Morgan fingerprint density at radius 3 is 2.15 bits per heavy atom. The molecule has 1 N–H and O–H groups in total. The van der Waals surface area contributed by atoms with Crippen molar-refractivity contribution in [3.63, 3.8) is 0 Å². The highest BCUT2D eigenvalue weighted by atomic mass is 32.2. The van der Waals surface area contributed by atoms with Crippen molar-refractivity contribution in [2.24, 2.45) is 0 Å². The Hall–Kier alpha value is -3.72. The van der Waals surface area contributed by atoms with Crippen LogP contribution in [-0.4, -0.2) is 43.8 Å². The van der Waals surface area contributed by atoms with Crippen LogP contribution in [0.5, 0.6) is 0 Å². The lowest BCUT2D eigenvalue weighted by Gasteiger charge is -2.32. The first-order valence-electron chi connectivity index (χ1n) is 12.9. The molecule has 7 nitrogen and oxygen atoms in total. The molecular weight excluding hydrogens is 517 g/mol. The van der Waals surface area contributed by atoms with Crippen molar-refractivity contribution in [3.8, 4) is 0 Å². The third-order valence-corrected chi connectivity index (χ3v) is 8.55. The van der Waals surface area contributed by atoms with E-state index in [9.17, 15) is 22.4 Å². The van der Waals surface area contributed by atoms with Gasteiger partial charge in [-0.2, -0.15) is 0 Å². The zero-order valence-electron chi connectivity index (χ0n) is 23.0. The number of amides is 2. The van der Waals surface area contributed by atoms with E-state index in [0.717, 1.165) is 27.1 Å². The molecule has 0 unspecified atom stereocenters. The Bertz CT molecular complexity index is 1410. The number of carbonyl (C=O) groups excluding carboxylic acids is 2. The number of rotatable bonds is 11. The van der Waals surface area contributed by atoms with Crippen LogP contribution in [0.15, 0.2) is 77.7 Å². The Morgan fingerprint density at radius 1 is 0.923 bits per heavy atom. The molecule has 0 saturated carbocycles. The maximum Gasteiger partial charge on any atom is 0.264 e. The SMILES string of the molecule is CC[C@@H](C)NC(=O)[C@@H](C)N(Cc1ccccc1C)C(=O)CN(c1ccccc1F)S(=O)(=O)c1ccc(C)cc1. The summed E-state index contributed by atoms with van der Waals surface area (Å²) in [6.07, 6.45) is 0.708. The van der Waals surface area contributed by atoms with Crippen molar-refractivity contribution in [1.29, 1.82) is 0 Å². The van der Waals surface area contributed by atoms with Gasteiger partial charge in [-0.15, -0.1) is 0 Å². The van der Waals surface area contributed by atoms with Crippen LogP contribution in [0.25, 0.3) is 0 Å². The number of aryl methyl sites for hydroxylation is 2. The average Bonchev–Trinajstić information content (AvgIpc) is 2.91. The molecule has 3 aromatic rings. The largest absolute Gasteiger partial charge is 0.352 e. The quantitative estimate of drug-likeness (QED) is 0.363. The summed E-state index contributed by atoms with van der Waals surface area (Å²) in [5.74, 6) is -1.77. The fourth-order valence-electron chi connectivity index (χ4n) is 4.02. The first-order valence-corrected chi connectivity index (χ1v) is 14.4. The molecule has 39 heavy (non-hydrogen) atoms. The van der Waals surface area contributed by atoms with E-state index in [2.05, 4.69) is 5.32 Å².